The van der Waals surface area contributed by atoms with Crippen LogP contribution in [0.4, 0.5) is 0 Å². The van der Waals surface area contributed by atoms with Crippen LogP contribution in [0.15, 0.2) is 0 Å². The molecule has 4 nitrogen and oxygen atoms in total. The second-order valence-electron chi connectivity index (χ2n) is 12.4. The van der Waals surface area contributed by atoms with Gasteiger partial charge in [-0.1, -0.05) is 0 Å². The van der Waals surface area contributed by atoms with Gasteiger partial charge in [-0.2, -0.15) is 0 Å². The van der Waals surface area contributed by atoms with E-state index < -0.39 is 0 Å². The van der Waals surface area contributed by atoms with E-state index in [1.165, 1.54) is 77.0 Å². The zero-order valence-corrected chi connectivity index (χ0v) is 17.8. The quantitative estimate of drug-likeness (QED) is 0.671. The molecule has 0 aromatic heterocycles. The highest BCUT2D eigenvalue weighted by molar-refractivity contribution is 5.80. The Morgan fingerprint density at radius 1 is 0.690 bits per heavy atom. The summed E-state index contributed by atoms with van der Waals surface area (Å²) >= 11 is 0. The highest BCUT2D eigenvalue weighted by Crippen LogP contribution is 2.61. The lowest BCUT2D eigenvalue weighted by atomic mass is 9.49. The molecule has 4 heteroatoms. The van der Waals surface area contributed by atoms with Gasteiger partial charge >= 0.3 is 5.97 Å². The van der Waals surface area contributed by atoms with Crippen molar-refractivity contribution in [3.8, 4) is 0 Å². The molecule has 0 heterocycles. The lowest BCUT2D eigenvalue weighted by Crippen LogP contribution is -2.51. The zero-order valence-electron chi connectivity index (χ0n) is 17.8. The Hall–Kier alpha value is -1.06. The molecule has 0 spiro atoms. The first-order chi connectivity index (χ1) is 14.0. The molecule has 0 saturated heterocycles. The Labute approximate surface area is 174 Å². The highest BCUT2D eigenvalue weighted by atomic mass is 16.5. The molecule has 0 unspecified atom stereocenters. The van der Waals surface area contributed by atoms with Crippen LogP contribution in [-0.2, 0) is 14.3 Å². The highest BCUT2D eigenvalue weighted by Gasteiger charge is 2.52. The van der Waals surface area contributed by atoms with Gasteiger partial charge < -0.3 is 10.1 Å². The second-order valence-corrected chi connectivity index (χ2v) is 12.4. The maximum Gasteiger partial charge on any atom is 0.306 e. The van der Waals surface area contributed by atoms with E-state index >= 15 is 0 Å². The summed E-state index contributed by atoms with van der Waals surface area (Å²) in [6.45, 7) is 0.708. The molecule has 8 fully saturated rings. The number of carbonyl (C=O) groups excluding carboxylic acids is 2. The lowest BCUT2D eigenvalue weighted by Gasteiger charge is -2.56. The third-order valence-corrected chi connectivity index (χ3v) is 9.87. The number of rotatable bonds is 6. The van der Waals surface area contributed by atoms with E-state index in [0.717, 1.165) is 42.1 Å². The van der Waals surface area contributed by atoms with E-state index in [9.17, 15) is 9.59 Å². The zero-order chi connectivity index (χ0) is 19.6. The first kappa shape index (κ1) is 18.7. The van der Waals surface area contributed by atoms with Crippen molar-refractivity contribution in [1.82, 2.24) is 5.32 Å². The van der Waals surface area contributed by atoms with E-state index in [0.29, 0.717) is 11.8 Å². The van der Waals surface area contributed by atoms with Crippen molar-refractivity contribution in [3.63, 3.8) is 0 Å². The maximum atomic E-state index is 12.6. The number of hydrogen-bond acceptors (Lipinski definition) is 3. The van der Waals surface area contributed by atoms with Crippen LogP contribution in [-0.4, -0.2) is 25.0 Å². The largest absolute Gasteiger partial charge is 0.456 e. The molecular formula is C25H37NO3. The number of hydrogen-bond donors (Lipinski definition) is 1. The van der Waals surface area contributed by atoms with Crippen molar-refractivity contribution >= 4 is 11.9 Å². The third kappa shape index (κ3) is 3.53. The van der Waals surface area contributed by atoms with Crippen LogP contribution in [0.3, 0.4) is 0 Å². The number of esters is 1. The van der Waals surface area contributed by atoms with E-state index in [1.807, 2.05) is 0 Å². The van der Waals surface area contributed by atoms with E-state index in [2.05, 4.69) is 5.32 Å². The summed E-state index contributed by atoms with van der Waals surface area (Å²) in [5.74, 6) is 4.99. The smallest absolute Gasteiger partial charge is 0.306 e. The molecule has 8 rings (SSSR count). The summed E-state index contributed by atoms with van der Waals surface area (Å²) in [5.41, 5.74) is 0.537. The van der Waals surface area contributed by atoms with Gasteiger partial charge in [-0.25, -0.2) is 0 Å². The molecule has 29 heavy (non-hydrogen) atoms. The Balaban J connectivity index is 0.977. The molecule has 0 aromatic rings. The van der Waals surface area contributed by atoms with Crippen LogP contribution < -0.4 is 5.32 Å². The van der Waals surface area contributed by atoms with Gasteiger partial charge in [-0.3, -0.25) is 9.59 Å². The monoisotopic (exact) mass is 399 g/mol. The van der Waals surface area contributed by atoms with Crippen LogP contribution in [0.2, 0.25) is 0 Å². The first-order valence-electron chi connectivity index (χ1n) is 12.4. The van der Waals surface area contributed by atoms with E-state index in [-0.39, 0.29) is 23.9 Å². The van der Waals surface area contributed by atoms with Gasteiger partial charge in [0.1, 0.15) is 0 Å². The SMILES string of the molecule is O=C(COC(=O)CC12CC3CC(CC(C3)C1)C2)NCC12CC3CC(CC(C3)C1)C2. The van der Waals surface area contributed by atoms with Crippen LogP contribution in [0.1, 0.15) is 83.5 Å². The molecular weight excluding hydrogens is 362 g/mol. The molecule has 0 aliphatic heterocycles. The molecule has 8 saturated carbocycles. The maximum absolute atomic E-state index is 12.6. The van der Waals surface area contributed by atoms with Crippen LogP contribution in [0.25, 0.3) is 0 Å². The summed E-state index contributed by atoms with van der Waals surface area (Å²) < 4.78 is 5.46. The van der Waals surface area contributed by atoms with Gasteiger partial charge in [0.15, 0.2) is 6.61 Å². The number of ether oxygens (including phenoxy) is 1. The fourth-order valence-corrected chi connectivity index (χ4v) is 9.85. The fourth-order valence-electron chi connectivity index (χ4n) is 9.85. The predicted octanol–water partition coefficient (Wildman–Crippen LogP) is 4.47. The Morgan fingerprint density at radius 3 is 1.55 bits per heavy atom. The van der Waals surface area contributed by atoms with Crippen molar-refractivity contribution < 1.29 is 14.3 Å². The minimum atomic E-state index is -0.142. The third-order valence-electron chi connectivity index (χ3n) is 9.87. The van der Waals surface area contributed by atoms with Gasteiger partial charge in [0.2, 0.25) is 0 Å². The van der Waals surface area contributed by atoms with Gasteiger partial charge in [-0.15, -0.1) is 0 Å². The van der Waals surface area contributed by atoms with Gasteiger partial charge in [0.25, 0.3) is 5.91 Å². The average Bonchev–Trinajstić information content (AvgIpc) is 2.62. The van der Waals surface area contributed by atoms with Gasteiger partial charge in [-0.05, 0) is 123 Å². The number of amides is 1. The average molecular weight is 400 g/mol. The van der Waals surface area contributed by atoms with Gasteiger partial charge in [0, 0.05) is 6.54 Å². The molecule has 8 aliphatic carbocycles. The Bertz CT molecular complexity index is 628. The lowest BCUT2D eigenvalue weighted by molar-refractivity contribution is -0.155. The molecule has 0 aromatic carbocycles. The fraction of sp³-hybridized carbons (Fsp3) is 0.920. The van der Waals surface area contributed by atoms with Gasteiger partial charge in [0.05, 0.1) is 6.42 Å². The van der Waals surface area contributed by atoms with Crippen molar-refractivity contribution in [2.24, 2.45) is 46.3 Å². The van der Waals surface area contributed by atoms with Crippen molar-refractivity contribution in [2.45, 2.75) is 83.5 Å². The molecule has 0 radical (unpaired) electrons. The minimum absolute atomic E-state index is 0.0857. The summed E-state index contributed by atoms with van der Waals surface area (Å²) in [7, 11) is 0. The normalized spacial score (nSPS) is 48.7. The Kier molecular flexibility index (Phi) is 4.33. The topological polar surface area (TPSA) is 55.4 Å². The molecule has 160 valence electrons. The second kappa shape index (κ2) is 6.72. The van der Waals surface area contributed by atoms with E-state index in [4.69, 9.17) is 4.74 Å². The van der Waals surface area contributed by atoms with Crippen LogP contribution in [0, 0.1) is 46.3 Å². The van der Waals surface area contributed by atoms with Crippen LogP contribution in [0.5, 0.6) is 0 Å². The number of nitrogens with one attached hydrogen (secondary N) is 1. The molecule has 8 aliphatic rings. The summed E-state index contributed by atoms with van der Waals surface area (Å²) in [6.07, 6.45) is 16.5. The first-order valence-corrected chi connectivity index (χ1v) is 12.4. The summed E-state index contributed by atoms with van der Waals surface area (Å²) in [4.78, 5) is 25.0. The summed E-state index contributed by atoms with van der Waals surface area (Å²) in [5, 5.41) is 3.14. The standard InChI is InChI=1S/C25H37NO3/c27-22(26-15-25-10-19-4-20(11-25)6-21(5-19)12-25)14-29-23(28)13-24-7-16-1-17(8-24)3-18(2-16)9-24/h16-21H,1-15H2,(H,26,27). The molecule has 8 bridgehead atoms. The van der Waals surface area contributed by atoms with Crippen molar-refractivity contribution in [2.75, 3.05) is 13.2 Å². The molecule has 0 atom stereocenters. The molecule has 1 N–H and O–H groups in total. The van der Waals surface area contributed by atoms with Crippen LogP contribution >= 0.6 is 0 Å². The van der Waals surface area contributed by atoms with E-state index in [1.54, 1.807) is 0 Å². The minimum Gasteiger partial charge on any atom is -0.456 e. The predicted molar refractivity (Wildman–Crippen MR) is 110 cm³/mol. The van der Waals surface area contributed by atoms with Crippen molar-refractivity contribution in [3.05, 3.63) is 0 Å². The summed E-state index contributed by atoms with van der Waals surface area (Å²) in [6, 6.07) is 0. The Morgan fingerprint density at radius 2 is 1.10 bits per heavy atom. The van der Waals surface area contributed by atoms with Crippen molar-refractivity contribution in [1.29, 1.82) is 0 Å². The molecule has 1 amide bonds. The number of carbonyl (C=O) groups is 2.